The largest absolute Gasteiger partial charge is 0.396 e. The van der Waals surface area contributed by atoms with E-state index in [0.29, 0.717) is 25.9 Å². The quantitative estimate of drug-likeness (QED) is 0.720. The summed E-state index contributed by atoms with van der Waals surface area (Å²) in [6.07, 6.45) is 4.98. The lowest BCUT2D eigenvalue weighted by molar-refractivity contribution is -0.130. The number of aryl methyl sites for hydroxylation is 2. The number of amides is 1. The van der Waals surface area contributed by atoms with Crippen LogP contribution in [0, 0.1) is 11.3 Å². The number of H-pyrrole nitrogens is 1. The van der Waals surface area contributed by atoms with Gasteiger partial charge in [0.25, 0.3) is 0 Å². The fourth-order valence-corrected chi connectivity index (χ4v) is 5.90. The number of aliphatic hydroxyl groups excluding tert-OH is 2. The number of hydrogen-bond acceptors (Lipinski definition) is 4. The molecule has 2 aromatic rings. The Hall–Kier alpha value is -2.18. The van der Waals surface area contributed by atoms with Gasteiger partial charge in [0.1, 0.15) is 0 Å². The van der Waals surface area contributed by atoms with Crippen LogP contribution in [0.1, 0.15) is 47.7 Å². The second kappa shape index (κ2) is 7.26. The minimum Gasteiger partial charge on any atom is -0.396 e. The molecule has 0 radical (unpaired) electrons. The van der Waals surface area contributed by atoms with Crippen LogP contribution in [0.3, 0.4) is 0 Å². The van der Waals surface area contributed by atoms with Gasteiger partial charge in [-0.3, -0.25) is 9.89 Å². The number of aromatic amines is 1. The van der Waals surface area contributed by atoms with Crippen LogP contribution in [0.4, 0.5) is 0 Å². The Labute approximate surface area is 170 Å². The third-order valence-electron chi connectivity index (χ3n) is 7.47. The van der Waals surface area contributed by atoms with Crippen LogP contribution in [0.2, 0.25) is 0 Å². The zero-order valence-electron chi connectivity index (χ0n) is 16.7. The highest BCUT2D eigenvalue weighted by Crippen LogP contribution is 2.68. The molecule has 2 aliphatic carbocycles. The third kappa shape index (κ3) is 3.01. The first kappa shape index (κ1) is 18.8. The number of carbonyl (C=O) groups excluding carboxylic acids is 1. The topological polar surface area (TPSA) is 89.5 Å². The van der Waals surface area contributed by atoms with Crippen LogP contribution in [-0.2, 0) is 24.1 Å². The van der Waals surface area contributed by atoms with Crippen molar-refractivity contribution in [2.45, 2.75) is 50.5 Å². The van der Waals surface area contributed by atoms with E-state index < -0.39 is 11.5 Å². The molecular formula is C23H29N3O3. The molecule has 6 heteroatoms. The van der Waals surface area contributed by atoms with Crippen LogP contribution >= 0.6 is 0 Å². The van der Waals surface area contributed by atoms with Crippen molar-refractivity contribution in [3.05, 3.63) is 52.8 Å². The summed E-state index contributed by atoms with van der Waals surface area (Å²) in [6, 6.07) is 10.1. The van der Waals surface area contributed by atoms with E-state index in [2.05, 4.69) is 22.3 Å². The Morgan fingerprint density at radius 2 is 2.03 bits per heavy atom. The maximum absolute atomic E-state index is 12.9. The van der Waals surface area contributed by atoms with Gasteiger partial charge in [-0.25, -0.2) is 0 Å². The third-order valence-corrected chi connectivity index (χ3v) is 7.47. The number of rotatable bonds is 5. The number of nitrogens with one attached hydrogen (secondary N) is 1. The molecule has 4 atom stereocenters. The standard InChI is InChI=1S/C23H29N3O3/c27-13-17-22(15-6-2-1-3-7-15)23(17)14-26(12-20(23)28)21(29)11-10-19-16-8-4-5-9-18(16)24-25-19/h1-3,6-7,17,20,22,27-28H,4-5,8-14H2,(H,24,25)/t17-,20-,22-,23-/m1/s1. The van der Waals surface area contributed by atoms with Crippen LogP contribution < -0.4 is 0 Å². The average molecular weight is 396 g/mol. The second-order valence-corrected chi connectivity index (χ2v) is 8.91. The molecule has 1 amide bonds. The molecule has 0 bridgehead atoms. The van der Waals surface area contributed by atoms with E-state index in [0.717, 1.165) is 24.1 Å². The van der Waals surface area contributed by atoms with Gasteiger partial charge in [0.2, 0.25) is 5.91 Å². The minimum absolute atomic E-state index is 0.0102. The van der Waals surface area contributed by atoms with Crippen molar-refractivity contribution >= 4 is 5.91 Å². The maximum atomic E-state index is 12.9. The zero-order chi connectivity index (χ0) is 20.0. The summed E-state index contributed by atoms with van der Waals surface area (Å²) < 4.78 is 0. The molecular weight excluding hydrogens is 366 g/mol. The lowest BCUT2D eigenvalue weighted by Gasteiger charge is -2.17. The summed E-state index contributed by atoms with van der Waals surface area (Å²) in [5, 5.41) is 28.4. The van der Waals surface area contributed by atoms with E-state index >= 15 is 0 Å². The van der Waals surface area contributed by atoms with Crippen LogP contribution in [0.25, 0.3) is 0 Å². The van der Waals surface area contributed by atoms with Crippen molar-refractivity contribution in [2.75, 3.05) is 19.7 Å². The highest BCUT2D eigenvalue weighted by atomic mass is 16.3. The molecule has 6 nitrogen and oxygen atoms in total. The van der Waals surface area contributed by atoms with E-state index in [1.165, 1.54) is 24.1 Å². The van der Waals surface area contributed by atoms with E-state index in [1.807, 2.05) is 18.2 Å². The molecule has 1 aliphatic heterocycles. The van der Waals surface area contributed by atoms with Gasteiger partial charge < -0.3 is 15.1 Å². The monoisotopic (exact) mass is 395 g/mol. The summed E-state index contributed by atoms with van der Waals surface area (Å²) in [7, 11) is 0. The Morgan fingerprint density at radius 1 is 1.24 bits per heavy atom. The summed E-state index contributed by atoms with van der Waals surface area (Å²) in [6.45, 7) is 0.922. The molecule has 1 spiro atoms. The molecule has 1 saturated heterocycles. The fraction of sp³-hybridized carbons (Fsp3) is 0.565. The molecule has 0 unspecified atom stereocenters. The number of β-amino-alcohol motifs (C(OH)–C–C–N with tert-alkyl or cyclic N) is 1. The number of benzene rings is 1. The molecule has 154 valence electrons. The van der Waals surface area contributed by atoms with E-state index in [4.69, 9.17) is 0 Å². The highest BCUT2D eigenvalue weighted by Gasteiger charge is 2.71. The minimum atomic E-state index is -0.591. The summed E-state index contributed by atoms with van der Waals surface area (Å²) in [5.41, 5.74) is 4.32. The molecule has 3 aliphatic rings. The van der Waals surface area contributed by atoms with Crippen molar-refractivity contribution in [2.24, 2.45) is 11.3 Å². The van der Waals surface area contributed by atoms with Gasteiger partial charge in [-0.15, -0.1) is 0 Å². The number of carbonyl (C=O) groups is 1. The average Bonchev–Trinajstić information content (AvgIpc) is 3.01. The normalized spacial score (nSPS) is 30.6. The van der Waals surface area contributed by atoms with Gasteiger partial charge in [0.15, 0.2) is 0 Å². The Balaban J connectivity index is 1.26. The predicted molar refractivity (Wildman–Crippen MR) is 108 cm³/mol. The van der Waals surface area contributed by atoms with Crippen LogP contribution in [0.5, 0.6) is 0 Å². The first-order chi connectivity index (χ1) is 14.1. The van der Waals surface area contributed by atoms with Crippen molar-refractivity contribution in [1.29, 1.82) is 0 Å². The van der Waals surface area contributed by atoms with Gasteiger partial charge in [-0.05, 0) is 48.6 Å². The number of aromatic nitrogens is 2. The second-order valence-electron chi connectivity index (χ2n) is 8.91. The van der Waals surface area contributed by atoms with Crippen molar-refractivity contribution in [3.8, 4) is 0 Å². The number of fused-ring (bicyclic) bond motifs is 1. The first-order valence-electron chi connectivity index (χ1n) is 10.8. The molecule has 1 aromatic heterocycles. The van der Waals surface area contributed by atoms with Gasteiger partial charge in [0, 0.05) is 43.6 Å². The Bertz CT molecular complexity index is 896. The van der Waals surface area contributed by atoms with E-state index in [9.17, 15) is 15.0 Å². The number of hydrogen-bond donors (Lipinski definition) is 3. The number of aliphatic hydroxyl groups is 2. The van der Waals surface area contributed by atoms with Crippen molar-refractivity contribution < 1.29 is 15.0 Å². The smallest absolute Gasteiger partial charge is 0.223 e. The van der Waals surface area contributed by atoms with E-state index in [-0.39, 0.29) is 24.3 Å². The predicted octanol–water partition coefficient (Wildman–Crippen LogP) is 1.82. The molecule has 5 rings (SSSR count). The fourth-order valence-electron chi connectivity index (χ4n) is 5.90. The zero-order valence-corrected chi connectivity index (χ0v) is 16.7. The Morgan fingerprint density at radius 3 is 2.83 bits per heavy atom. The van der Waals surface area contributed by atoms with Gasteiger partial charge in [-0.1, -0.05) is 30.3 Å². The van der Waals surface area contributed by atoms with Gasteiger partial charge >= 0.3 is 0 Å². The highest BCUT2D eigenvalue weighted by molar-refractivity contribution is 5.77. The maximum Gasteiger partial charge on any atom is 0.223 e. The van der Waals surface area contributed by atoms with Gasteiger partial charge in [-0.2, -0.15) is 5.10 Å². The summed E-state index contributed by atoms with van der Waals surface area (Å²) in [4.78, 5) is 14.7. The number of nitrogens with zero attached hydrogens (tertiary/aromatic N) is 2. The molecule has 2 heterocycles. The lowest BCUT2D eigenvalue weighted by atomic mass is 9.94. The van der Waals surface area contributed by atoms with E-state index in [1.54, 1.807) is 4.90 Å². The lowest BCUT2D eigenvalue weighted by Crippen LogP contribution is -2.30. The van der Waals surface area contributed by atoms with Crippen LogP contribution in [-0.4, -0.2) is 57.0 Å². The molecule has 1 saturated carbocycles. The first-order valence-corrected chi connectivity index (χ1v) is 10.8. The summed E-state index contributed by atoms with van der Waals surface area (Å²) >= 11 is 0. The molecule has 1 aromatic carbocycles. The molecule has 29 heavy (non-hydrogen) atoms. The van der Waals surface area contributed by atoms with Crippen LogP contribution in [0.15, 0.2) is 30.3 Å². The molecule has 2 fully saturated rings. The molecule has 3 N–H and O–H groups in total. The van der Waals surface area contributed by atoms with Crippen molar-refractivity contribution in [3.63, 3.8) is 0 Å². The summed E-state index contributed by atoms with van der Waals surface area (Å²) in [5.74, 6) is 0.194. The SMILES string of the molecule is O=C(CCc1n[nH]c2c1CCCC2)N1C[C@@H](O)[C@@]2(C1)[C@H](CO)[C@H]2c1ccccc1. The van der Waals surface area contributed by atoms with Crippen molar-refractivity contribution in [1.82, 2.24) is 15.1 Å². The number of likely N-dealkylation sites (tertiary alicyclic amines) is 1. The Kier molecular flexibility index (Phi) is 4.71. The van der Waals surface area contributed by atoms with Gasteiger partial charge in [0.05, 0.1) is 11.8 Å².